The Bertz CT molecular complexity index is 448. The fraction of sp³-hybridized carbons (Fsp3) is 0.533. The molecule has 17 heavy (non-hydrogen) atoms. The summed E-state index contributed by atoms with van der Waals surface area (Å²) in [6, 6.07) is 9.06. The first kappa shape index (κ1) is 12.0. The van der Waals surface area contributed by atoms with Crippen molar-refractivity contribution in [1.82, 2.24) is 0 Å². The van der Waals surface area contributed by atoms with E-state index in [9.17, 15) is 5.26 Å². The molecule has 0 spiro atoms. The lowest BCUT2D eigenvalue weighted by Crippen LogP contribution is -2.42. The van der Waals surface area contributed by atoms with Crippen LogP contribution in [0.3, 0.4) is 0 Å². The predicted octanol–water partition coefficient (Wildman–Crippen LogP) is 3.43. The van der Waals surface area contributed by atoms with Crippen LogP contribution in [0.25, 0.3) is 0 Å². The smallest absolute Gasteiger partial charge is 0.0706 e. The van der Waals surface area contributed by atoms with Gasteiger partial charge in [-0.2, -0.15) is 5.26 Å². The van der Waals surface area contributed by atoms with Crippen molar-refractivity contribution in [2.45, 2.75) is 39.7 Å². The maximum Gasteiger partial charge on any atom is 0.0706 e. The van der Waals surface area contributed by atoms with Gasteiger partial charge in [0.15, 0.2) is 0 Å². The van der Waals surface area contributed by atoms with Gasteiger partial charge in [0.2, 0.25) is 0 Å². The van der Waals surface area contributed by atoms with Crippen LogP contribution in [0.15, 0.2) is 18.2 Å². The molecule has 1 saturated heterocycles. The minimum absolute atomic E-state index is 0.0605. The third kappa shape index (κ3) is 2.02. The first-order chi connectivity index (χ1) is 7.95. The number of rotatable bonds is 1. The van der Waals surface area contributed by atoms with Crippen molar-refractivity contribution in [2.75, 3.05) is 11.4 Å². The van der Waals surface area contributed by atoms with Gasteiger partial charge in [-0.1, -0.05) is 6.07 Å². The van der Waals surface area contributed by atoms with Crippen LogP contribution in [-0.2, 0) is 0 Å². The Hall–Kier alpha value is -1.49. The van der Waals surface area contributed by atoms with Gasteiger partial charge >= 0.3 is 0 Å². The predicted molar refractivity (Wildman–Crippen MR) is 71.1 cm³/mol. The summed E-state index contributed by atoms with van der Waals surface area (Å²) in [6.45, 7) is 9.58. The summed E-state index contributed by atoms with van der Waals surface area (Å²) in [6.07, 6.45) is 0.969. The van der Waals surface area contributed by atoms with Crippen molar-refractivity contribution >= 4 is 5.69 Å². The van der Waals surface area contributed by atoms with Crippen LogP contribution in [0.5, 0.6) is 0 Å². The largest absolute Gasteiger partial charge is 0.365 e. The Balaban J connectivity index is 2.39. The molecule has 1 atom stereocenters. The molecule has 0 aliphatic carbocycles. The number of hydrogen-bond donors (Lipinski definition) is 0. The molecule has 1 aromatic rings. The second-order valence-corrected chi connectivity index (χ2v) is 5.62. The molecule has 1 aromatic carbocycles. The average molecular weight is 228 g/mol. The molecule has 0 saturated carbocycles. The lowest BCUT2D eigenvalue weighted by atomic mass is 9.89. The molecule has 1 fully saturated rings. The van der Waals surface area contributed by atoms with Crippen LogP contribution < -0.4 is 4.90 Å². The molecule has 2 rings (SSSR count). The van der Waals surface area contributed by atoms with E-state index < -0.39 is 0 Å². The zero-order valence-electron chi connectivity index (χ0n) is 11.1. The van der Waals surface area contributed by atoms with E-state index in [1.165, 1.54) is 16.8 Å². The highest BCUT2D eigenvalue weighted by Gasteiger charge is 2.41. The topological polar surface area (TPSA) is 27.0 Å². The highest BCUT2D eigenvalue weighted by Crippen LogP contribution is 2.38. The minimum Gasteiger partial charge on any atom is -0.365 e. The molecule has 0 aromatic heterocycles. The standard InChI is InChI=1S/C15H20N2/c1-11-7-12(2)9-14(8-11)17-6-5-13(10-16)15(17,3)4/h7-9,13H,5-6H2,1-4H3. The van der Waals surface area contributed by atoms with Crippen LogP contribution in [-0.4, -0.2) is 12.1 Å². The quantitative estimate of drug-likeness (QED) is 0.736. The highest BCUT2D eigenvalue weighted by molar-refractivity contribution is 5.54. The van der Waals surface area contributed by atoms with Gasteiger partial charge in [-0.25, -0.2) is 0 Å². The van der Waals surface area contributed by atoms with Gasteiger partial charge in [0.1, 0.15) is 0 Å². The first-order valence-corrected chi connectivity index (χ1v) is 6.20. The molecule has 0 bridgehead atoms. The van der Waals surface area contributed by atoms with E-state index >= 15 is 0 Å². The maximum absolute atomic E-state index is 9.20. The number of anilines is 1. The molecule has 1 aliphatic rings. The third-order valence-electron chi connectivity index (χ3n) is 3.86. The zero-order chi connectivity index (χ0) is 12.6. The summed E-state index contributed by atoms with van der Waals surface area (Å²) < 4.78 is 0. The fourth-order valence-corrected chi connectivity index (χ4v) is 2.88. The number of aryl methyl sites for hydroxylation is 2. The van der Waals surface area contributed by atoms with E-state index in [1.807, 2.05) is 0 Å². The molecule has 1 aliphatic heterocycles. The Morgan fingerprint density at radius 2 is 1.82 bits per heavy atom. The van der Waals surface area contributed by atoms with Crippen molar-refractivity contribution in [3.63, 3.8) is 0 Å². The molecule has 2 heteroatoms. The van der Waals surface area contributed by atoms with Gasteiger partial charge in [0.05, 0.1) is 17.5 Å². The SMILES string of the molecule is Cc1cc(C)cc(N2CCC(C#N)C2(C)C)c1. The monoisotopic (exact) mass is 228 g/mol. The Kier molecular flexibility index (Phi) is 2.87. The Morgan fingerprint density at radius 1 is 1.24 bits per heavy atom. The first-order valence-electron chi connectivity index (χ1n) is 6.20. The molecule has 0 amide bonds. The van der Waals surface area contributed by atoms with Gasteiger partial charge in [-0.05, 0) is 57.4 Å². The number of benzene rings is 1. The van der Waals surface area contributed by atoms with Gasteiger partial charge in [-0.15, -0.1) is 0 Å². The van der Waals surface area contributed by atoms with Crippen LogP contribution in [0.4, 0.5) is 5.69 Å². The normalized spacial score (nSPS) is 22.5. The number of nitrogens with zero attached hydrogens (tertiary/aromatic N) is 2. The lowest BCUT2D eigenvalue weighted by Gasteiger charge is -2.35. The van der Waals surface area contributed by atoms with E-state index in [4.69, 9.17) is 0 Å². The van der Waals surface area contributed by atoms with Crippen molar-refractivity contribution in [1.29, 1.82) is 5.26 Å². The number of nitriles is 1. The van der Waals surface area contributed by atoms with E-state index in [-0.39, 0.29) is 11.5 Å². The van der Waals surface area contributed by atoms with Gasteiger partial charge < -0.3 is 4.90 Å². The average Bonchev–Trinajstić information content (AvgIpc) is 2.51. The molecule has 0 radical (unpaired) electrons. The summed E-state index contributed by atoms with van der Waals surface area (Å²) in [5, 5.41) is 9.20. The number of hydrogen-bond acceptors (Lipinski definition) is 2. The maximum atomic E-state index is 9.20. The minimum atomic E-state index is -0.0605. The molecular weight excluding hydrogens is 208 g/mol. The molecule has 0 N–H and O–H groups in total. The summed E-state index contributed by atoms with van der Waals surface area (Å²) in [4.78, 5) is 2.38. The molecule has 2 nitrogen and oxygen atoms in total. The van der Waals surface area contributed by atoms with Crippen molar-refractivity contribution in [2.24, 2.45) is 5.92 Å². The van der Waals surface area contributed by atoms with Crippen LogP contribution in [0.2, 0.25) is 0 Å². The van der Waals surface area contributed by atoms with Crippen LogP contribution in [0.1, 0.15) is 31.4 Å². The molecule has 1 heterocycles. The fourth-order valence-electron chi connectivity index (χ4n) is 2.88. The zero-order valence-corrected chi connectivity index (χ0v) is 11.1. The Morgan fingerprint density at radius 3 is 2.29 bits per heavy atom. The van der Waals surface area contributed by atoms with Crippen LogP contribution >= 0.6 is 0 Å². The van der Waals surface area contributed by atoms with Gasteiger partial charge in [0.25, 0.3) is 0 Å². The van der Waals surface area contributed by atoms with Crippen molar-refractivity contribution in [3.8, 4) is 6.07 Å². The third-order valence-corrected chi connectivity index (χ3v) is 3.86. The van der Waals surface area contributed by atoms with Crippen molar-refractivity contribution in [3.05, 3.63) is 29.3 Å². The second-order valence-electron chi connectivity index (χ2n) is 5.62. The molecular formula is C15H20N2. The summed E-state index contributed by atoms with van der Waals surface area (Å²) in [5.41, 5.74) is 3.77. The van der Waals surface area contributed by atoms with Gasteiger partial charge in [0, 0.05) is 12.2 Å². The lowest BCUT2D eigenvalue weighted by molar-refractivity contribution is 0.439. The summed E-state index contributed by atoms with van der Waals surface area (Å²) in [5.74, 6) is 0.128. The Labute approximate surface area is 104 Å². The highest BCUT2D eigenvalue weighted by atomic mass is 15.2. The van der Waals surface area contributed by atoms with E-state index in [2.05, 4.69) is 56.9 Å². The molecule has 1 unspecified atom stereocenters. The molecule has 90 valence electrons. The second kappa shape index (κ2) is 4.07. The van der Waals surface area contributed by atoms with E-state index in [0.717, 1.165) is 13.0 Å². The van der Waals surface area contributed by atoms with E-state index in [1.54, 1.807) is 0 Å². The summed E-state index contributed by atoms with van der Waals surface area (Å²) in [7, 11) is 0. The van der Waals surface area contributed by atoms with E-state index in [0.29, 0.717) is 0 Å². The summed E-state index contributed by atoms with van der Waals surface area (Å²) >= 11 is 0. The van der Waals surface area contributed by atoms with Gasteiger partial charge in [-0.3, -0.25) is 0 Å². The van der Waals surface area contributed by atoms with Crippen molar-refractivity contribution < 1.29 is 0 Å². The van der Waals surface area contributed by atoms with Crippen LogP contribution in [0, 0.1) is 31.1 Å².